The molecule has 4 heterocycles. The van der Waals surface area contributed by atoms with Crippen LogP contribution in [0.2, 0.25) is 0 Å². The molecule has 1 fully saturated rings. The SMILES string of the molecule is CCc1nc(N2CCN(c3nccnc3C#N)CC2C)c2ccsc2n1. The molecule has 4 rings (SSSR count). The summed E-state index contributed by atoms with van der Waals surface area (Å²) in [6, 6.07) is 4.48. The summed E-state index contributed by atoms with van der Waals surface area (Å²) in [5, 5.41) is 12.5. The molecule has 1 saturated heterocycles. The van der Waals surface area contributed by atoms with Crippen molar-refractivity contribution < 1.29 is 0 Å². The summed E-state index contributed by atoms with van der Waals surface area (Å²) in [5.41, 5.74) is 0.378. The van der Waals surface area contributed by atoms with E-state index in [-0.39, 0.29) is 6.04 Å². The molecule has 7 nitrogen and oxygen atoms in total. The van der Waals surface area contributed by atoms with Crippen LogP contribution in [0.4, 0.5) is 11.6 Å². The average Bonchev–Trinajstić information content (AvgIpc) is 3.16. The number of aromatic nitrogens is 4. The first-order chi connectivity index (χ1) is 12.7. The van der Waals surface area contributed by atoms with Gasteiger partial charge in [-0.2, -0.15) is 5.26 Å². The van der Waals surface area contributed by atoms with E-state index in [4.69, 9.17) is 4.98 Å². The van der Waals surface area contributed by atoms with Gasteiger partial charge in [0.15, 0.2) is 11.5 Å². The number of aryl methyl sites for hydroxylation is 1. The summed E-state index contributed by atoms with van der Waals surface area (Å²) in [6.07, 6.45) is 4.02. The van der Waals surface area contributed by atoms with Crippen LogP contribution in [0.5, 0.6) is 0 Å². The van der Waals surface area contributed by atoms with E-state index >= 15 is 0 Å². The predicted octanol–water partition coefficient (Wildman–Crippen LogP) is 2.63. The summed E-state index contributed by atoms with van der Waals surface area (Å²) in [4.78, 5) is 23.5. The first-order valence-electron chi connectivity index (χ1n) is 8.68. The number of thiophene rings is 1. The highest BCUT2D eigenvalue weighted by molar-refractivity contribution is 7.16. The molecule has 26 heavy (non-hydrogen) atoms. The number of nitrogens with zero attached hydrogens (tertiary/aromatic N) is 7. The number of fused-ring (bicyclic) bond motifs is 1. The Morgan fingerprint density at radius 1 is 1.23 bits per heavy atom. The Morgan fingerprint density at radius 3 is 2.85 bits per heavy atom. The minimum absolute atomic E-state index is 0.236. The molecule has 1 atom stereocenters. The number of hydrogen-bond donors (Lipinski definition) is 0. The zero-order valence-electron chi connectivity index (χ0n) is 14.8. The number of rotatable bonds is 3. The van der Waals surface area contributed by atoms with Gasteiger partial charge >= 0.3 is 0 Å². The van der Waals surface area contributed by atoms with Gasteiger partial charge in [0.05, 0.1) is 5.39 Å². The van der Waals surface area contributed by atoms with Gasteiger partial charge in [0.25, 0.3) is 0 Å². The van der Waals surface area contributed by atoms with Crippen molar-refractivity contribution in [2.75, 3.05) is 29.4 Å². The van der Waals surface area contributed by atoms with Crippen molar-refractivity contribution >= 4 is 33.2 Å². The van der Waals surface area contributed by atoms with Crippen molar-refractivity contribution in [1.29, 1.82) is 5.26 Å². The summed E-state index contributed by atoms with van der Waals surface area (Å²) in [7, 11) is 0. The highest BCUT2D eigenvalue weighted by Gasteiger charge is 2.28. The molecule has 0 aromatic carbocycles. The fraction of sp³-hybridized carbons (Fsp3) is 0.389. The summed E-state index contributed by atoms with van der Waals surface area (Å²) < 4.78 is 0. The molecule has 132 valence electrons. The zero-order chi connectivity index (χ0) is 18.1. The quantitative estimate of drug-likeness (QED) is 0.705. The molecule has 3 aromatic heterocycles. The number of nitriles is 1. The standard InChI is InChI=1S/C18H19N7S/c1-3-15-22-16(13-4-9-26-18(13)23-15)25-8-7-24(11-12(25)2)17-14(10-19)20-5-6-21-17/h4-6,9,12H,3,7-8,11H2,1-2H3. The van der Waals surface area contributed by atoms with Gasteiger partial charge in [-0.15, -0.1) is 11.3 Å². The molecule has 8 heteroatoms. The van der Waals surface area contributed by atoms with Crippen molar-refractivity contribution in [1.82, 2.24) is 19.9 Å². The lowest BCUT2D eigenvalue weighted by Gasteiger charge is -2.41. The zero-order valence-corrected chi connectivity index (χ0v) is 15.6. The molecule has 0 bridgehead atoms. The molecule has 3 aromatic rings. The van der Waals surface area contributed by atoms with E-state index < -0.39 is 0 Å². The van der Waals surface area contributed by atoms with Gasteiger partial charge in [0.2, 0.25) is 0 Å². The molecular formula is C18H19N7S. The molecular weight excluding hydrogens is 346 g/mol. The van der Waals surface area contributed by atoms with Gasteiger partial charge < -0.3 is 9.80 Å². The van der Waals surface area contributed by atoms with Gasteiger partial charge in [0, 0.05) is 44.5 Å². The van der Waals surface area contributed by atoms with Crippen LogP contribution < -0.4 is 9.80 Å². The van der Waals surface area contributed by atoms with Crippen molar-refractivity contribution in [2.24, 2.45) is 0 Å². The maximum Gasteiger partial charge on any atom is 0.183 e. The minimum Gasteiger partial charge on any atom is -0.350 e. The molecule has 0 N–H and O–H groups in total. The summed E-state index contributed by atoms with van der Waals surface area (Å²) in [6.45, 7) is 6.62. The van der Waals surface area contributed by atoms with E-state index in [2.05, 4.69) is 56.1 Å². The van der Waals surface area contributed by atoms with Crippen LogP contribution in [0.1, 0.15) is 25.4 Å². The van der Waals surface area contributed by atoms with Crippen LogP contribution in [0.15, 0.2) is 23.8 Å². The van der Waals surface area contributed by atoms with E-state index in [1.807, 2.05) is 0 Å². The van der Waals surface area contributed by atoms with Gasteiger partial charge in [-0.25, -0.2) is 19.9 Å². The van der Waals surface area contributed by atoms with Crippen molar-refractivity contribution in [3.05, 3.63) is 35.4 Å². The van der Waals surface area contributed by atoms with E-state index in [0.717, 1.165) is 47.9 Å². The third-order valence-electron chi connectivity index (χ3n) is 4.65. The molecule has 1 aliphatic heterocycles. The second kappa shape index (κ2) is 6.84. The smallest absolute Gasteiger partial charge is 0.183 e. The first-order valence-corrected chi connectivity index (χ1v) is 9.56. The van der Waals surface area contributed by atoms with Crippen LogP contribution in [-0.4, -0.2) is 45.6 Å². The third kappa shape index (κ3) is 2.84. The van der Waals surface area contributed by atoms with Crippen LogP contribution in [0.3, 0.4) is 0 Å². The number of hydrogen-bond acceptors (Lipinski definition) is 8. The van der Waals surface area contributed by atoms with Gasteiger partial charge in [-0.1, -0.05) is 6.92 Å². The van der Waals surface area contributed by atoms with Crippen LogP contribution in [0, 0.1) is 11.3 Å². The lowest BCUT2D eigenvalue weighted by molar-refractivity contribution is 0.542. The van der Waals surface area contributed by atoms with Crippen LogP contribution >= 0.6 is 11.3 Å². The Hall–Kier alpha value is -2.79. The molecule has 1 aliphatic rings. The second-order valence-electron chi connectivity index (χ2n) is 6.29. The van der Waals surface area contributed by atoms with E-state index in [9.17, 15) is 5.26 Å². The number of piperazine rings is 1. The largest absolute Gasteiger partial charge is 0.350 e. The molecule has 1 unspecified atom stereocenters. The van der Waals surface area contributed by atoms with Crippen LogP contribution in [-0.2, 0) is 6.42 Å². The molecule has 0 amide bonds. The molecule has 0 radical (unpaired) electrons. The highest BCUT2D eigenvalue weighted by Crippen LogP contribution is 2.31. The second-order valence-corrected chi connectivity index (χ2v) is 7.18. The minimum atomic E-state index is 0.236. The monoisotopic (exact) mass is 365 g/mol. The predicted molar refractivity (Wildman–Crippen MR) is 103 cm³/mol. The third-order valence-corrected chi connectivity index (χ3v) is 5.46. The van der Waals surface area contributed by atoms with E-state index in [1.165, 1.54) is 0 Å². The average molecular weight is 365 g/mol. The maximum absolute atomic E-state index is 9.29. The Balaban J connectivity index is 1.64. The fourth-order valence-electron chi connectivity index (χ4n) is 3.37. The molecule has 0 spiro atoms. The highest BCUT2D eigenvalue weighted by atomic mass is 32.1. The Kier molecular flexibility index (Phi) is 4.39. The Morgan fingerprint density at radius 2 is 2.08 bits per heavy atom. The number of anilines is 2. The lowest BCUT2D eigenvalue weighted by Crippen LogP contribution is -2.53. The normalized spacial score (nSPS) is 17.5. The maximum atomic E-state index is 9.29. The van der Waals surface area contributed by atoms with Gasteiger partial charge in [0.1, 0.15) is 22.5 Å². The Bertz CT molecular complexity index is 977. The van der Waals surface area contributed by atoms with Gasteiger partial charge in [-0.05, 0) is 18.4 Å². The lowest BCUT2D eigenvalue weighted by atomic mass is 10.1. The fourth-order valence-corrected chi connectivity index (χ4v) is 4.14. The summed E-state index contributed by atoms with van der Waals surface area (Å²) >= 11 is 1.66. The van der Waals surface area contributed by atoms with Crippen molar-refractivity contribution in [2.45, 2.75) is 26.3 Å². The van der Waals surface area contributed by atoms with Crippen LogP contribution in [0.25, 0.3) is 10.2 Å². The Labute approximate surface area is 156 Å². The summed E-state index contributed by atoms with van der Waals surface area (Å²) in [5.74, 6) is 2.56. The van der Waals surface area contributed by atoms with Crippen molar-refractivity contribution in [3.8, 4) is 6.07 Å². The first kappa shape index (κ1) is 16.7. The van der Waals surface area contributed by atoms with Crippen molar-refractivity contribution in [3.63, 3.8) is 0 Å². The molecule has 0 aliphatic carbocycles. The van der Waals surface area contributed by atoms with E-state index in [1.54, 1.807) is 23.7 Å². The topological polar surface area (TPSA) is 81.8 Å². The van der Waals surface area contributed by atoms with E-state index in [0.29, 0.717) is 11.5 Å². The van der Waals surface area contributed by atoms with Gasteiger partial charge in [-0.3, -0.25) is 0 Å². The molecule has 0 saturated carbocycles.